The van der Waals surface area contributed by atoms with E-state index in [2.05, 4.69) is 69.1 Å². The highest BCUT2D eigenvalue weighted by atomic mass is 28.3. The first-order valence-electron chi connectivity index (χ1n) is 7.61. The van der Waals surface area contributed by atoms with Crippen LogP contribution in [-0.4, -0.2) is 21.2 Å². The van der Waals surface area contributed by atoms with Gasteiger partial charge in [-0.15, -0.1) is 0 Å². The van der Waals surface area contributed by atoms with Crippen LogP contribution < -0.4 is 5.32 Å². The topological polar surface area (TPSA) is 12.0 Å². The van der Waals surface area contributed by atoms with Gasteiger partial charge in [0.2, 0.25) is 0 Å². The van der Waals surface area contributed by atoms with Crippen molar-refractivity contribution >= 4 is 8.07 Å². The maximum Gasteiger partial charge on any atom is 0.0446 e. The van der Waals surface area contributed by atoms with Crippen LogP contribution in [0.25, 0.3) is 0 Å². The van der Waals surface area contributed by atoms with Gasteiger partial charge in [-0.25, -0.2) is 0 Å². The van der Waals surface area contributed by atoms with Crippen LogP contribution in [0.1, 0.15) is 19.4 Å². The van der Waals surface area contributed by atoms with E-state index in [1.165, 1.54) is 18.0 Å². The highest BCUT2D eigenvalue weighted by Gasteiger charge is 2.20. The summed E-state index contributed by atoms with van der Waals surface area (Å²) in [4.78, 5) is 0. The van der Waals surface area contributed by atoms with Crippen LogP contribution in [0, 0.1) is 11.8 Å². The standard InChI is InChI=1S/C17H31NSi/c1-15(2)12-18-13-17(14-19(3,4)5)11-16-9-7-6-8-10-16/h6-10,15,17-18H,11-14H2,1-5H3. The Morgan fingerprint density at radius 3 is 2.16 bits per heavy atom. The van der Waals surface area contributed by atoms with Crippen molar-refractivity contribution in [2.75, 3.05) is 13.1 Å². The van der Waals surface area contributed by atoms with E-state index in [0.717, 1.165) is 24.9 Å². The van der Waals surface area contributed by atoms with Crippen LogP contribution in [0.4, 0.5) is 0 Å². The predicted octanol–water partition coefficient (Wildman–Crippen LogP) is 4.43. The van der Waals surface area contributed by atoms with Gasteiger partial charge in [0, 0.05) is 8.07 Å². The number of benzene rings is 1. The van der Waals surface area contributed by atoms with Crippen LogP contribution in [0.5, 0.6) is 0 Å². The van der Waals surface area contributed by atoms with Crippen molar-refractivity contribution in [3.8, 4) is 0 Å². The zero-order chi connectivity index (χ0) is 14.3. The molecule has 1 aromatic carbocycles. The largest absolute Gasteiger partial charge is 0.316 e. The fourth-order valence-electron chi connectivity index (χ4n) is 2.61. The Bertz CT molecular complexity index is 340. The molecule has 0 aliphatic rings. The lowest BCUT2D eigenvalue weighted by molar-refractivity contribution is 0.470. The highest BCUT2D eigenvalue weighted by Crippen LogP contribution is 2.20. The molecule has 0 saturated heterocycles. The van der Waals surface area contributed by atoms with Gasteiger partial charge in [0.05, 0.1) is 0 Å². The summed E-state index contributed by atoms with van der Waals surface area (Å²) in [6.07, 6.45) is 1.22. The van der Waals surface area contributed by atoms with E-state index >= 15 is 0 Å². The summed E-state index contributed by atoms with van der Waals surface area (Å²) < 4.78 is 0. The third-order valence-corrected chi connectivity index (χ3v) is 5.06. The molecule has 0 amide bonds. The summed E-state index contributed by atoms with van der Waals surface area (Å²) in [5.74, 6) is 1.53. The highest BCUT2D eigenvalue weighted by molar-refractivity contribution is 6.76. The Hall–Kier alpha value is -0.603. The minimum Gasteiger partial charge on any atom is -0.316 e. The zero-order valence-corrected chi connectivity index (χ0v) is 14.4. The molecule has 0 aliphatic carbocycles. The first-order chi connectivity index (χ1) is 8.87. The molecular weight excluding hydrogens is 246 g/mol. The van der Waals surface area contributed by atoms with Gasteiger partial charge in [-0.1, -0.05) is 69.9 Å². The third-order valence-electron chi connectivity index (χ3n) is 3.25. The Morgan fingerprint density at radius 1 is 1.00 bits per heavy atom. The molecule has 0 aliphatic heterocycles. The SMILES string of the molecule is CC(C)CNCC(Cc1ccccc1)C[Si](C)(C)C. The summed E-state index contributed by atoms with van der Waals surface area (Å²) >= 11 is 0. The van der Waals surface area contributed by atoms with E-state index in [1.54, 1.807) is 0 Å². The maximum atomic E-state index is 3.65. The van der Waals surface area contributed by atoms with Crippen molar-refractivity contribution < 1.29 is 0 Å². The summed E-state index contributed by atoms with van der Waals surface area (Å²) in [6, 6.07) is 12.4. The Morgan fingerprint density at radius 2 is 1.63 bits per heavy atom. The van der Waals surface area contributed by atoms with Crippen LogP contribution >= 0.6 is 0 Å². The first-order valence-corrected chi connectivity index (χ1v) is 11.3. The van der Waals surface area contributed by atoms with E-state index in [9.17, 15) is 0 Å². The maximum absolute atomic E-state index is 3.65. The molecule has 19 heavy (non-hydrogen) atoms. The number of hydrogen-bond acceptors (Lipinski definition) is 1. The average molecular weight is 278 g/mol. The molecule has 0 radical (unpaired) electrons. The molecule has 1 rings (SSSR count). The van der Waals surface area contributed by atoms with Crippen LogP contribution in [0.2, 0.25) is 25.7 Å². The van der Waals surface area contributed by atoms with Crippen molar-refractivity contribution in [3.63, 3.8) is 0 Å². The summed E-state index contributed by atoms with van der Waals surface area (Å²) in [6.45, 7) is 14.3. The molecule has 1 unspecified atom stereocenters. The third kappa shape index (κ3) is 8.22. The molecule has 1 nitrogen and oxygen atoms in total. The fourth-order valence-corrected chi connectivity index (χ4v) is 4.63. The van der Waals surface area contributed by atoms with Gasteiger partial charge in [0.1, 0.15) is 0 Å². The summed E-state index contributed by atoms with van der Waals surface area (Å²) in [5.41, 5.74) is 1.48. The molecular formula is C17H31NSi. The number of nitrogens with one attached hydrogen (secondary N) is 1. The first kappa shape index (κ1) is 16.5. The van der Waals surface area contributed by atoms with Gasteiger partial charge in [0.25, 0.3) is 0 Å². The molecule has 0 saturated carbocycles. The van der Waals surface area contributed by atoms with Gasteiger partial charge in [-0.05, 0) is 36.9 Å². The van der Waals surface area contributed by atoms with E-state index in [0.29, 0.717) is 0 Å². The second-order valence-corrected chi connectivity index (χ2v) is 12.9. The van der Waals surface area contributed by atoms with Crippen molar-refractivity contribution in [1.82, 2.24) is 5.32 Å². The minimum atomic E-state index is -0.991. The second kappa shape index (κ2) is 7.86. The molecule has 0 heterocycles. The van der Waals surface area contributed by atoms with Crippen LogP contribution in [0.15, 0.2) is 30.3 Å². The van der Waals surface area contributed by atoms with Gasteiger partial charge in [-0.3, -0.25) is 0 Å². The quantitative estimate of drug-likeness (QED) is 0.693. The predicted molar refractivity (Wildman–Crippen MR) is 89.5 cm³/mol. The van der Waals surface area contributed by atoms with E-state index in [1.807, 2.05) is 0 Å². The molecule has 1 aromatic rings. The molecule has 0 bridgehead atoms. The summed E-state index contributed by atoms with van der Waals surface area (Å²) in [5, 5.41) is 3.65. The molecule has 1 atom stereocenters. The fraction of sp³-hybridized carbons (Fsp3) is 0.647. The van der Waals surface area contributed by atoms with Gasteiger partial charge in [0.15, 0.2) is 0 Å². The van der Waals surface area contributed by atoms with E-state index in [-0.39, 0.29) is 0 Å². The molecule has 108 valence electrons. The number of hydrogen-bond donors (Lipinski definition) is 1. The second-order valence-electron chi connectivity index (χ2n) is 7.37. The smallest absolute Gasteiger partial charge is 0.0446 e. The lowest BCUT2D eigenvalue weighted by Gasteiger charge is -2.25. The van der Waals surface area contributed by atoms with E-state index < -0.39 is 8.07 Å². The average Bonchev–Trinajstić information content (AvgIpc) is 2.27. The van der Waals surface area contributed by atoms with E-state index in [4.69, 9.17) is 0 Å². The van der Waals surface area contributed by atoms with Crippen LogP contribution in [0.3, 0.4) is 0 Å². The Balaban J connectivity index is 2.54. The zero-order valence-electron chi connectivity index (χ0n) is 13.4. The molecule has 0 aromatic heterocycles. The lowest BCUT2D eigenvalue weighted by atomic mass is 10.0. The van der Waals surface area contributed by atoms with Gasteiger partial charge in [-0.2, -0.15) is 0 Å². The van der Waals surface area contributed by atoms with Crippen molar-refractivity contribution in [3.05, 3.63) is 35.9 Å². The van der Waals surface area contributed by atoms with Crippen molar-refractivity contribution in [1.29, 1.82) is 0 Å². The monoisotopic (exact) mass is 277 g/mol. The Labute approximate surface area is 120 Å². The summed E-state index contributed by atoms with van der Waals surface area (Å²) in [7, 11) is -0.991. The van der Waals surface area contributed by atoms with Crippen molar-refractivity contribution in [2.45, 2.75) is 46.0 Å². The lowest BCUT2D eigenvalue weighted by Crippen LogP contribution is -2.33. The Kier molecular flexibility index (Phi) is 6.80. The van der Waals surface area contributed by atoms with Gasteiger partial charge >= 0.3 is 0 Å². The molecule has 2 heteroatoms. The van der Waals surface area contributed by atoms with Crippen molar-refractivity contribution in [2.24, 2.45) is 11.8 Å². The van der Waals surface area contributed by atoms with Crippen LogP contribution in [-0.2, 0) is 6.42 Å². The molecule has 1 N–H and O–H groups in total. The van der Waals surface area contributed by atoms with Gasteiger partial charge < -0.3 is 5.32 Å². The minimum absolute atomic E-state index is 0.740. The normalized spacial score (nSPS) is 13.8. The molecule has 0 spiro atoms. The molecule has 0 fully saturated rings. The number of rotatable bonds is 8.